The Labute approximate surface area is 122 Å². The first-order valence-electron chi connectivity index (χ1n) is 7.54. The molecule has 1 saturated carbocycles. The van der Waals surface area contributed by atoms with Crippen LogP contribution in [0.5, 0.6) is 0 Å². The molecule has 0 bridgehead atoms. The van der Waals surface area contributed by atoms with E-state index in [2.05, 4.69) is 32.3 Å². The van der Waals surface area contributed by atoms with Crippen LogP contribution in [0.1, 0.15) is 52.9 Å². The molecule has 0 saturated heterocycles. The van der Waals surface area contributed by atoms with Crippen LogP contribution in [0.4, 0.5) is 4.39 Å². The van der Waals surface area contributed by atoms with Crippen LogP contribution in [-0.2, 0) is 0 Å². The van der Waals surface area contributed by atoms with Crippen molar-refractivity contribution in [2.24, 2.45) is 5.41 Å². The van der Waals surface area contributed by atoms with E-state index >= 15 is 0 Å². The molecule has 1 N–H and O–H groups in total. The highest BCUT2D eigenvalue weighted by Gasteiger charge is 2.47. The number of rotatable bonds is 6. The molecule has 2 aliphatic rings. The summed E-state index contributed by atoms with van der Waals surface area (Å²) in [6, 6.07) is 0. The summed E-state index contributed by atoms with van der Waals surface area (Å²) < 4.78 is 14.2. The number of hydrogen-bond donors (Lipinski definition) is 1. The number of hydrogen-bond acceptors (Lipinski definition) is 1. The van der Waals surface area contributed by atoms with Crippen molar-refractivity contribution in [3.8, 4) is 0 Å². The maximum absolute atomic E-state index is 14.2. The maximum Gasteiger partial charge on any atom is 0.124 e. The molecule has 110 valence electrons. The summed E-state index contributed by atoms with van der Waals surface area (Å²) in [7, 11) is 0. The predicted molar refractivity (Wildman–Crippen MR) is 84.0 cm³/mol. The Balaban J connectivity index is 2.08. The van der Waals surface area contributed by atoms with Gasteiger partial charge < -0.3 is 5.32 Å². The van der Waals surface area contributed by atoms with Crippen molar-refractivity contribution < 1.29 is 4.39 Å². The smallest absolute Gasteiger partial charge is 0.124 e. The third-order valence-electron chi connectivity index (χ3n) is 4.62. The zero-order valence-electron chi connectivity index (χ0n) is 13.0. The number of nitrogens with one attached hydrogen (secondary N) is 1. The lowest BCUT2D eigenvalue weighted by Crippen LogP contribution is -2.42. The molecule has 1 fully saturated rings. The summed E-state index contributed by atoms with van der Waals surface area (Å²) in [5.41, 5.74) is 2.66. The predicted octanol–water partition coefficient (Wildman–Crippen LogP) is 5.19. The normalized spacial score (nSPS) is 27.4. The van der Waals surface area contributed by atoms with Crippen molar-refractivity contribution in [2.45, 2.75) is 58.4 Å². The average Bonchev–Trinajstić information content (AvgIpc) is 3.14. The first kappa shape index (κ1) is 15.1. The molecule has 2 rings (SSSR count). The molecular weight excluding hydrogens is 249 g/mol. The van der Waals surface area contributed by atoms with E-state index in [1.807, 2.05) is 13.0 Å². The molecule has 0 aromatic rings. The lowest BCUT2D eigenvalue weighted by Gasteiger charge is -2.35. The van der Waals surface area contributed by atoms with Crippen molar-refractivity contribution in [3.63, 3.8) is 0 Å². The second kappa shape index (κ2) is 5.23. The molecule has 1 nitrogen and oxygen atoms in total. The molecule has 2 aliphatic carbocycles. The third kappa shape index (κ3) is 2.74. The highest BCUT2D eigenvalue weighted by Crippen LogP contribution is 2.56. The minimum absolute atomic E-state index is 0.0424. The van der Waals surface area contributed by atoms with Gasteiger partial charge in [-0.05, 0) is 51.2 Å². The molecule has 0 aromatic heterocycles. The van der Waals surface area contributed by atoms with Gasteiger partial charge in [-0.3, -0.25) is 0 Å². The van der Waals surface area contributed by atoms with Gasteiger partial charge in [-0.2, -0.15) is 0 Å². The van der Waals surface area contributed by atoms with Crippen molar-refractivity contribution in [1.29, 1.82) is 0 Å². The fourth-order valence-corrected chi connectivity index (χ4v) is 3.02. The topological polar surface area (TPSA) is 12.0 Å². The second-order valence-electron chi connectivity index (χ2n) is 6.56. The van der Waals surface area contributed by atoms with Gasteiger partial charge in [0.25, 0.3) is 0 Å². The van der Waals surface area contributed by atoms with Crippen LogP contribution in [0.15, 0.2) is 48.0 Å². The molecule has 0 heterocycles. The fourth-order valence-electron chi connectivity index (χ4n) is 3.02. The molecule has 2 heteroatoms. The Bertz CT molecular complexity index is 494. The van der Waals surface area contributed by atoms with Crippen LogP contribution in [0, 0.1) is 5.41 Å². The SMILES string of the molecule is C=C(C)C1(C(=C)NC2(C)C=C(F)C(CCC)=CC2)CC1. The van der Waals surface area contributed by atoms with Crippen molar-refractivity contribution >= 4 is 0 Å². The van der Waals surface area contributed by atoms with Gasteiger partial charge in [-0.1, -0.05) is 38.2 Å². The first-order chi connectivity index (χ1) is 9.33. The zero-order chi connectivity index (χ0) is 15.0. The summed E-state index contributed by atoms with van der Waals surface area (Å²) in [5.74, 6) is -0.0823. The monoisotopic (exact) mass is 275 g/mol. The Morgan fingerprint density at radius 2 is 2.05 bits per heavy atom. The van der Waals surface area contributed by atoms with E-state index in [-0.39, 0.29) is 16.8 Å². The molecule has 1 unspecified atom stereocenters. The maximum atomic E-state index is 14.2. The third-order valence-corrected chi connectivity index (χ3v) is 4.62. The van der Waals surface area contributed by atoms with Gasteiger partial charge in [-0.15, -0.1) is 0 Å². The van der Waals surface area contributed by atoms with E-state index in [9.17, 15) is 4.39 Å². The zero-order valence-corrected chi connectivity index (χ0v) is 13.0. The van der Waals surface area contributed by atoms with Gasteiger partial charge in [0.1, 0.15) is 5.83 Å². The van der Waals surface area contributed by atoms with Crippen LogP contribution in [-0.4, -0.2) is 5.54 Å². The van der Waals surface area contributed by atoms with Gasteiger partial charge >= 0.3 is 0 Å². The molecule has 0 amide bonds. The van der Waals surface area contributed by atoms with Gasteiger partial charge in [0, 0.05) is 11.1 Å². The summed E-state index contributed by atoms with van der Waals surface area (Å²) in [5, 5.41) is 3.46. The Morgan fingerprint density at radius 3 is 2.50 bits per heavy atom. The van der Waals surface area contributed by atoms with Crippen molar-refractivity contribution in [3.05, 3.63) is 48.0 Å². The molecule has 0 radical (unpaired) electrons. The summed E-state index contributed by atoms with van der Waals surface area (Å²) >= 11 is 0. The summed E-state index contributed by atoms with van der Waals surface area (Å²) in [6.45, 7) is 14.4. The van der Waals surface area contributed by atoms with Gasteiger partial charge in [0.15, 0.2) is 0 Å². The molecule has 1 atom stereocenters. The summed E-state index contributed by atoms with van der Waals surface area (Å²) in [4.78, 5) is 0. The highest BCUT2D eigenvalue weighted by molar-refractivity contribution is 5.37. The van der Waals surface area contributed by atoms with Crippen LogP contribution in [0.25, 0.3) is 0 Å². The molecule has 0 aromatic carbocycles. The first-order valence-corrected chi connectivity index (χ1v) is 7.54. The molecular formula is C18H26FN. The number of halogens is 1. The van der Waals surface area contributed by atoms with Crippen molar-refractivity contribution in [1.82, 2.24) is 5.32 Å². The lowest BCUT2D eigenvalue weighted by atomic mass is 9.86. The van der Waals surface area contributed by atoms with Crippen LogP contribution in [0.3, 0.4) is 0 Å². The highest BCUT2D eigenvalue weighted by atomic mass is 19.1. The fraction of sp³-hybridized carbons (Fsp3) is 0.556. The average molecular weight is 275 g/mol. The van der Waals surface area contributed by atoms with Crippen LogP contribution < -0.4 is 5.32 Å². The minimum Gasteiger partial charge on any atom is -0.379 e. The largest absolute Gasteiger partial charge is 0.379 e. The molecule has 0 spiro atoms. The van der Waals surface area contributed by atoms with E-state index in [1.165, 1.54) is 0 Å². The van der Waals surface area contributed by atoms with Gasteiger partial charge in [-0.25, -0.2) is 4.39 Å². The van der Waals surface area contributed by atoms with E-state index in [4.69, 9.17) is 0 Å². The second-order valence-corrected chi connectivity index (χ2v) is 6.56. The van der Waals surface area contributed by atoms with Crippen LogP contribution >= 0.6 is 0 Å². The minimum atomic E-state index is -0.372. The standard InChI is InChI=1S/C18H26FN/c1-6-7-15-8-9-17(5,12-16(15)19)20-14(4)18(10-11-18)13(2)3/h8,12,20H,2,4,6-7,9-11H2,1,3,5H3. The summed E-state index contributed by atoms with van der Waals surface area (Å²) in [6.07, 6.45) is 8.55. The Morgan fingerprint density at radius 1 is 1.40 bits per heavy atom. The molecule has 0 aliphatic heterocycles. The Kier molecular flexibility index (Phi) is 3.95. The quantitative estimate of drug-likeness (QED) is 0.658. The van der Waals surface area contributed by atoms with E-state index < -0.39 is 0 Å². The van der Waals surface area contributed by atoms with E-state index in [0.29, 0.717) is 0 Å². The number of allylic oxidation sites excluding steroid dienone is 3. The Hall–Kier alpha value is -1.31. The van der Waals surface area contributed by atoms with Crippen LogP contribution in [0.2, 0.25) is 0 Å². The van der Waals surface area contributed by atoms with Gasteiger partial charge in [0.2, 0.25) is 0 Å². The van der Waals surface area contributed by atoms with E-state index in [0.717, 1.165) is 48.9 Å². The van der Waals surface area contributed by atoms with E-state index in [1.54, 1.807) is 6.08 Å². The van der Waals surface area contributed by atoms with Gasteiger partial charge in [0.05, 0.1) is 5.54 Å². The lowest BCUT2D eigenvalue weighted by molar-refractivity contribution is 0.432. The van der Waals surface area contributed by atoms with Crippen molar-refractivity contribution in [2.75, 3.05) is 0 Å². The molecule has 20 heavy (non-hydrogen) atoms.